The number of hydrogen-bond donors (Lipinski definition) is 2. The summed E-state index contributed by atoms with van der Waals surface area (Å²) >= 11 is 0. The average Bonchev–Trinajstić information content (AvgIpc) is 1.84. The zero-order valence-electron chi connectivity index (χ0n) is 6.90. The summed E-state index contributed by atoms with van der Waals surface area (Å²) in [5, 5.41) is 27.9. The van der Waals surface area contributed by atoms with Gasteiger partial charge in [0.15, 0.2) is 5.60 Å². The average molecular weight is 175 g/mol. The van der Waals surface area contributed by atoms with E-state index in [4.69, 9.17) is 5.11 Å². The Morgan fingerprint density at radius 1 is 1.50 bits per heavy atom. The van der Waals surface area contributed by atoms with Crippen molar-refractivity contribution >= 4 is 11.9 Å². The molecule has 0 spiro atoms. The summed E-state index contributed by atoms with van der Waals surface area (Å²) in [5.41, 5.74) is -2.22. The number of rotatable bonds is 4. The van der Waals surface area contributed by atoms with Crippen LogP contribution in [0.4, 0.5) is 0 Å². The van der Waals surface area contributed by atoms with Gasteiger partial charge < -0.3 is 20.1 Å². The first-order valence-electron chi connectivity index (χ1n) is 3.46. The summed E-state index contributed by atoms with van der Waals surface area (Å²) in [4.78, 5) is 20.5. The minimum Gasteiger partial charge on any atom is -0.550 e. The van der Waals surface area contributed by atoms with Crippen molar-refractivity contribution in [1.29, 1.82) is 0 Å². The van der Waals surface area contributed by atoms with Crippen molar-refractivity contribution in [1.82, 2.24) is 0 Å². The van der Waals surface area contributed by atoms with Gasteiger partial charge in [-0.15, -0.1) is 0 Å². The van der Waals surface area contributed by atoms with Gasteiger partial charge in [0.25, 0.3) is 0 Å². The molecule has 12 heavy (non-hydrogen) atoms. The first-order chi connectivity index (χ1) is 5.30. The first kappa shape index (κ1) is 10.9. The molecule has 0 fully saturated rings. The van der Waals surface area contributed by atoms with Gasteiger partial charge in [-0.25, -0.2) is 4.79 Å². The largest absolute Gasteiger partial charge is 0.550 e. The molecule has 0 heterocycles. The molecule has 5 nitrogen and oxygen atoms in total. The van der Waals surface area contributed by atoms with E-state index in [1.807, 2.05) is 0 Å². The summed E-state index contributed by atoms with van der Waals surface area (Å²) in [7, 11) is 0. The molecule has 5 heteroatoms. The van der Waals surface area contributed by atoms with Crippen molar-refractivity contribution in [3.05, 3.63) is 0 Å². The van der Waals surface area contributed by atoms with Crippen molar-refractivity contribution in [3.63, 3.8) is 0 Å². The lowest BCUT2D eigenvalue weighted by atomic mass is 9.87. The van der Waals surface area contributed by atoms with Crippen molar-refractivity contribution < 1.29 is 24.9 Å². The Morgan fingerprint density at radius 2 is 1.92 bits per heavy atom. The number of carbonyl (C=O) groups excluding carboxylic acids is 1. The SMILES string of the molecule is CC(C)C(O)(CC(=O)[O-])C(=O)O. The first-order valence-corrected chi connectivity index (χ1v) is 3.46. The molecule has 0 aromatic rings. The second-order valence-electron chi connectivity index (χ2n) is 2.93. The van der Waals surface area contributed by atoms with Gasteiger partial charge >= 0.3 is 5.97 Å². The van der Waals surface area contributed by atoms with E-state index < -0.39 is 29.9 Å². The van der Waals surface area contributed by atoms with Gasteiger partial charge in [0.05, 0.1) is 0 Å². The van der Waals surface area contributed by atoms with Gasteiger partial charge in [0.1, 0.15) is 0 Å². The summed E-state index contributed by atoms with van der Waals surface area (Å²) in [6, 6.07) is 0. The van der Waals surface area contributed by atoms with Crippen LogP contribution in [-0.4, -0.2) is 27.8 Å². The number of carboxylic acid groups (broad SMARTS) is 2. The number of hydrogen-bond acceptors (Lipinski definition) is 4. The molecule has 0 amide bonds. The van der Waals surface area contributed by atoms with Crippen LogP contribution in [0.15, 0.2) is 0 Å². The van der Waals surface area contributed by atoms with Crippen LogP contribution in [0.3, 0.4) is 0 Å². The van der Waals surface area contributed by atoms with Gasteiger partial charge in [0, 0.05) is 12.4 Å². The molecule has 0 saturated heterocycles. The lowest BCUT2D eigenvalue weighted by Gasteiger charge is -2.27. The van der Waals surface area contributed by atoms with Crippen molar-refractivity contribution in [2.24, 2.45) is 5.92 Å². The van der Waals surface area contributed by atoms with E-state index in [1.165, 1.54) is 13.8 Å². The Bertz CT molecular complexity index is 198. The van der Waals surface area contributed by atoms with E-state index in [9.17, 15) is 19.8 Å². The van der Waals surface area contributed by atoms with Crippen LogP contribution in [-0.2, 0) is 9.59 Å². The van der Waals surface area contributed by atoms with Crippen LogP contribution in [0, 0.1) is 5.92 Å². The van der Waals surface area contributed by atoms with E-state index in [1.54, 1.807) is 0 Å². The molecule has 0 bridgehead atoms. The molecule has 0 aliphatic heterocycles. The highest BCUT2D eigenvalue weighted by atomic mass is 16.4. The quantitative estimate of drug-likeness (QED) is 0.547. The second kappa shape index (κ2) is 3.53. The zero-order valence-corrected chi connectivity index (χ0v) is 6.90. The predicted molar refractivity (Wildman–Crippen MR) is 37.0 cm³/mol. The lowest BCUT2D eigenvalue weighted by Crippen LogP contribution is -2.48. The fourth-order valence-corrected chi connectivity index (χ4v) is 0.747. The third-order valence-electron chi connectivity index (χ3n) is 1.74. The monoisotopic (exact) mass is 175 g/mol. The molecule has 70 valence electrons. The molecular weight excluding hydrogens is 164 g/mol. The van der Waals surface area contributed by atoms with Crippen molar-refractivity contribution in [3.8, 4) is 0 Å². The Balaban J connectivity index is 4.62. The van der Waals surface area contributed by atoms with E-state index >= 15 is 0 Å². The van der Waals surface area contributed by atoms with Crippen LogP contribution >= 0.6 is 0 Å². The topological polar surface area (TPSA) is 97.7 Å². The summed E-state index contributed by atoms with van der Waals surface area (Å²) in [5.74, 6) is -3.79. The number of aliphatic carboxylic acids is 2. The highest BCUT2D eigenvalue weighted by Gasteiger charge is 2.39. The summed E-state index contributed by atoms with van der Waals surface area (Å²) in [6.07, 6.45) is -0.889. The van der Waals surface area contributed by atoms with E-state index in [-0.39, 0.29) is 0 Å². The molecule has 0 radical (unpaired) electrons. The molecule has 1 unspecified atom stereocenters. The highest BCUT2D eigenvalue weighted by molar-refractivity contribution is 5.83. The molecule has 0 aromatic heterocycles. The molecule has 2 N–H and O–H groups in total. The number of carboxylic acids is 2. The fourth-order valence-electron chi connectivity index (χ4n) is 0.747. The van der Waals surface area contributed by atoms with Crippen molar-refractivity contribution in [2.75, 3.05) is 0 Å². The Hall–Kier alpha value is -1.10. The van der Waals surface area contributed by atoms with Gasteiger partial charge in [-0.3, -0.25) is 0 Å². The van der Waals surface area contributed by atoms with Crippen LogP contribution < -0.4 is 5.11 Å². The Labute approximate surface area is 69.6 Å². The van der Waals surface area contributed by atoms with Gasteiger partial charge in [-0.05, 0) is 5.92 Å². The maximum absolute atomic E-state index is 10.5. The number of carbonyl (C=O) groups is 2. The molecular formula is C7H11O5-. The normalized spacial score (nSPS) is 15.7. The molecule has 1 atom stereocenters. The maximum atomic E-state index is 10.5. The molecule has 0 aromatic carbocycles. The van der Waals surface area contributed by atoms with Crippen LogP contribution in [0.2, 0.25) is 0 Å². The third-order valence-corrected chi connectivity index (χ3v) is 1.74. The van der Waals surface area contributed by atoms with Gasteiger partial charge in [0.2, 0.25) is 0 Å². The fraction of sp³-hybridized carbons (Fsp3) is 0.714. The van der Waals surface area contributed by atoms with Crippen LogP contribution in [0.25, 0.3) is 0 Å². The van der Waals surface area contributed by atoms with E-state index in [0.29, 0.717) is 0 Å². The molecule has 0 aliphatic carbocycles. The predicted octanol–water partition coefficient (Wildman–Crippen LogP) is -1.40. The second-order valence-corrected chi connectivity index (χ2v) is 2.93. The lowest BCUT2D eigenvalue weighted by molar-refractivity contribution is -0.310. The zero-order chi connectivity index (χ0) is 9.94. The smallest absolute Gasteiger partial charge is 0.336 e. The molecule has 0 aliphatic rings. The summed E-state index contributed by atoms with van der Waals surface area (Å²) < 4.78 is 0. The highest BCUT2D eigenvalue weighted by Crippen LogP contribution is 2.20. The minimum atomic E-state index is -2.22. The van der Waals surface area contributed by atoms with Gasteiger partial charge in [-0.2, -0.15) is 0 Å². The van der Waals surface area contributed by atoms with E-state index in [0.717, 1.165) is 0 Å². The van der Waals surface area contributed by atoms with Crippen LogP contribution in [0.1, 0.15) is 20.3 Å². The number of aliphatic hydroxyl groups is 1. The summed E-state index contributed by atoms with van der Waals surface area (Å²) in [6.45, 7) is 2.86. The standard InChI is InChI=1S/C7H12O5/c1-4(2)7(12,6(10)11)3-5(8)9/h4,12H,3H2,1-2H3,(H,8,9)(H,10,11)/p-1. The minimum absolute atomic E-state index is 0.673. The van der Waals surface area contributed by atoms with Crippen molar-refractivity contribution in [2.45, 2.75) is 25.9 Å². The van der Waals surface area contributed by atoms with Crippen LogP contribution in [0.5, 0.6) is 0 Å². The molecule has 0 saturated carbocycles. The maximum Gasteiger partial charge on any atom is 0.336 e. The third kappa shape index (κ3) is 2.20. The van der Waals surface area contributed by atoms with Gasteiger partial charge in [-0.1, -0.05) is 13.8 Å². The Morgan fingerprint density at radius 3 is 2.00 bits per heavy atom. The van der Waals surface area contributed by atoms with E-state index in [2.05, 4.69) is 0 Å². The molecule has 0 rings (SSSR count). The Kier molecular flexibility index (Phi) is 3.21.